The van der Waals surface area contributed by atoms with Gasteiger partial charge in [-0.3, -0.25) is 4.79 Å². The van der Waals surface area contributed by atoms with Gasteiger partial charge in [0, 0.05) is 21.0 Å². The minimum atomic E-state index is -0.106. The second-order valence-corrected chi connectivity index (χ2v) is 6.90. The van der Waals surface area contributed by atoms with Crippen molar-refractivity contribution in [2.24, 2.45) is 0 Å². The predicted molar refractivity (Wildman–Crippen MR) is 101 cm³/mol. The van der Waals surface area contributed by atoms with E-state index in [1.54, 1.807) is 11.8 Å². The highest BCUT2D eigenvalue weighted by molar-refractivity contribution is 7.99. The van der Waals surface area contributed by atoms with Gasteiger partial charge in [0.25, 0.3) is 5.91 Å². The first kappa shape index (κ1) is 16.6. The van der Waals surface area contributed by atoms with E-state index in [4.69, 9.17) is 11.6 Å². The van der Waals surface area contributed by atoms with E-state index >= 15 is 0 Å². The van der Waals surface area contributed by atoms with Gasteiger partial charge in [0.15, 0.2) is 0 Å². The SMILES string of the molecule is Cc1cccc(C(=O)Nc2ccc(Sc3ccccc3Cl)cc2)c1. The lowest BCUT2D eigenvalue weighted by molar-refractivity contribution is 0.102. The van der Waals surface area contributed by atoms with Gasteiger partial charge < -0.3 is 5.32 Å². The van der Waals surface area contributed by atoms with Crippen molar-refractivity contribution in [2.75, 3.05) is 5.32 Å². The molecule has 0 heterocycles. The van der Waals surface area contributed by atoms with Crippen molar-refractivity contribution < 1.29 is 4.79 Å². The van der Waals surface area contributed by atoms with E-state index in [0.29, 0.717) is 5.56 Å². The summed E-state index contributed by atoms with van der Waals surface area (Å²) in [6, 6.07) is 23.0. The van der Waals surface area contributed by atoms with Gasteiger partial charge in [0.2, 0.25) is 0 Å². The Morgan fingerprint density at radius 2 is 1.71 bits per heavy atom. The van der Waals surface area contributed by atoms with Gasteiger partial charge in [-0.25, -0.2) is 0 Å². The van der Waals surface area contributed by atoms with Crippen molar-refractivity contribution >= 4 is 35.0 Å². The molecule has 0 spiro atoms. The van der Waals surface area contributed by atoms with Gasteiger partial charge in [-0.2, -0.15) is 0 Å². The molecule has 0 radical (unpaired) electrons. The van der Waals surface area contributed by atoms with Crippen LogP contribution in [0.15, 0.2) is 82.6 Å². The number of benzene rings is 3. The van der Waals surface area contributed by atoms with Gasteiger partial charge >= 0.3 is 0 Å². The van der Waals surface area contributed by atoms with Crippen molar-refractivity contribution in [3.63, 3.8) is 0 Å². The highest BCUT2D eigenvalue weighted by Gasteiger charge is 2.07. The molecule has 0 aromatic heterocycles. The maximum atomic E-state index is 12.3. The van der Waals surface area contributed by atoms with Crippen molar-refractivity contribution in [3.05, 3.63) is 88.9 Å². The Kier molecular flexibility index (Phi) is 5.24. The molecule has 3 aromatic rings. The molecular weight excluding hydrogens is 338 g/mol. The van der Waals surface area contributed by atoms with E-state index < -0.39 is 0 Å². The Balaban J connectivity index is 1.68. The van der Waals surface area contributed by atoms with E-state index in [9.17, 15) is 4.79 Å². The van der Waals surface area contributed by atoms with Crippen molar-refractivity contribution in [3.8, 4) is 0 Å². The highest BCUT2D eigenvalue weighted by Crippen LogP contribution is 2.33. The summed E-state index contributed by atoms with van der Waals surface area (Å²) in [5.74, 6) is -0.106. The number of anilines is 1. The first-order chi connectivity index (χ1) is 11.6. The van der Waals surface area contributed by atoms with Crippen LogP contribution in [0.4, 0.5) is 5.69 Å². The fraction of sp³-hybridized carbons (Fsp3) is 0.0500. The van der Waals surface area contributed by atoms with Crippen LogP contribution in [0, 0.1) is 6.92 Å². The average Bonchev–Trinajstić information content (AvgIpc) is 2.58. The van der Waals surface area contributed by atoms with Gasteiger partial charge in [-0.15, -0.1) is 0 Å². The third-order valence-electron chi connectivity index (χ3n) is 3.46. The Hall–Kier alpha value is -2.23. The smallest absolute Gasteiger partial charge is 0.255 e. The molecule has 0 fully saturated rings. The predicted octanol–water partition coefficient (Wildman–Crippen LogP) is 6.05. The quantitative estimate of drug-likeness (QED) is 0.618. The lowest BCUT2D eigenvalue weighted by Crippen LogP contribution is -2.11. The monoisotopic (exact) mass is 353 g/mol. The number of hydrogen-bond donors (Lipinski definition) is 1. The van der Waals surface area contributed by atoms with E-state index in [-0.39, 0.29) is 5.91 Å². The largest absolute Gasteiger partial charge is 0.322 e. The van der Waals surface area contributed by atoms with Crippen LogP contribution in [0.25, 0.3) is 0 Å². The maximum absolute atomic E-state index is 12.3. The maximum Gasteiger partial charge on any atom is 0.255 e. The molecule has 2 nitrogen and oxygen atoms in total. The number of halogens is 1. The van der Waals surface area contributed by atoms with Crippen LogP contribution in [-0.2, 0) is 0 Å². The number of hydrogen-bond acceptors (Lipinski definition) is 2. The Morgan fingerprint density at radius 1 is 0.958 bits per heavy atom. The van der Waals surface area contributed by atoms with Crippen molar-refractivity contribution in [1.82, 2.24) is 0 Å². The summed E-state index contributed by atoms with van der Waals surface area (Å²) in [4.78, 5) is 14.3. The summed E-state index contributed by atoms with van der Waals surface area (Å²) >= 11 is 7.77. The molecule has 4 heteroatoms. The summed E-state index contributed by atoms with van der Waals surface area (Å²) in [6.45, 7) is 1.97. The van der Waals surface area contributed by atoms with Gasteiger partial charge in [0.1, 0.15) is 0 Å². The molecule has 0 saturated heterocycles. The second kappa shape index (κ2) is 7.56. The molecule has 0 aliphatic rings. The van der Waals surface area contributed by atoms with Crippen LogP contribution >= 0.6 is 23.4 Å². The minimum Gasteiger partial charge on any atom is -0.322 e. The molecule has 120 valence electrons. The molecule has 1 amide bonds. The fourth-order valence-corrected chi connectivity index (χ4v) is 3.34. The van der Waals surface area contributed by atoms with Crippen LogP contribution in [0.2, 0.25) is 5.02 Å². The number of amides is 1. The average molecular weight is 354 g/mol. The molecular formula is C20H16ClNOS. The summed E-state index contributed by atoms with van der Waals surface area (Å²) in [6.07, 6.45) is 0. The third kappa shape index (κ3) is 4.19. The standard InChI is InChI=1S/C20H16ClNOS/c1-14-5-4-6-15(13-14)20(23)22-16-9-11-17(12-10-16)24-19-8-3-2-7-18(19)21/h2-13H,1H3,(H,22,23). The van der Waals surface area contributed by atoms with Crippen molar-refractivity contribution in [1.29, 1.82) is 0 Å². The van der Waals surface area contributed by atoms with E-state index in [2.05, 4.69) is 5.32 Å². The van der Waals surface area contributed by atoms with Crippen molar-refractivity contribution in [2.45, 2.75) is 16.7 Å². The van der Waals surface area contributed by atoms with Crippen LogP contribution in [0.3, 0.4) is 0 Å². The summed E-state index contributed by atoms with van der Waals surface area (Å²) in [5.41, 5.74) is 2.49. The summed E-state index contributed by atoms with van der Waals surface area (Å²) in [7, 11) is 0. The first-order valence-electron chi connectivity index (χ1n) is 7.52. The zero-order valence-corrected chi connectivity index (χ0v) is 14.7. The molecule has 0 aliphatic heterocycles. The van der Waals surface area contributed by atoms with Crippen LogP contribution < -0.4 is 5.32 Å². The normalized spacial score (nSPS) is 10.4. The Labute approximate surface area is 150 Å². The van der Waals surface area contributed by atoms with E-state index in [1.165, 1.54) is 0 Å². The minimum absolute atomic E-state index is 0.106. The molecule has 3 rings (SSSR count). The molecule has 0 saturated carbocycles. The third-order valence-corrected chi connectivity index (χ3v) is 4.98. The molecule has 0 bridgehead atoms. The van der Waals surface area contributed by atoms with Crippen LogP contribution in [0.1, 0.15) is 15.9 Å². The number of carbonyl (C=O) groups is 1. The molecule has 1 N–H and O–H groups in total. The fourth-order valence-electron chi connectivity index (χ4n) is 2.25. The van der Waals surface area contributed by atoms with Gasteiger partial charge in [-0.05, 0) is 55.5 Å². The highest BCUT2D eigenvalue weighted by atomic mass is 35.5. The Morgan fingerprint density at radius 3 is 2.42 bits per heavy atom. The molecule has 0 unspecified atom stereocenters. The summed E-state index contributed by atoms with van der Waals surface area (Å²) < 4.78 is 0. The van der Waals surface area contributed by atoms with Gasteiger partial charge in [-0.1, -0.05) is 53.2 Å². The first-order valence-corrected chi connectivity index (χ1v) is 8.72. The lowest BCUT2D eigenvalue weighted by Gasteiger charge is -2.08. The lowest BCUT2D eigenvalue weighted by atomic mass is 10.1. The van der Waals surface area contributed by atoms with Crippen LogP contribution in [0.5, 0.6) is 0 Å². The number of aryl methyl sites for hydroxylation is 1. The molecule has 3 aromatic carbocycles. The number of carbonyl (C=O) groups excluding carboxylic acids is 1. The molecule has 0 aliphatic carbocycles. The van der Waals surface area contributed by atoms with E-state index in [1.807, 2.05) is 79.7 Å². The zero-order chi connectivity index (χ0) is 16.9. The Bertz CT molecular complexity index is 862. The zero-order valence-electron chi connectivity index (χ0n) is 13.1. The summed E-state index contributed by atoms with van der Waals surface area (Å²) in [5, 5.41) is 3.65. The second-order valence-electron chi connectivity index (χ2n) is 5.38. The van der Waals surface area contributed by atoms with E-state index in [0.717, 1.165) is 26.1 Å². The van der Waals surface area contributed by atoms with Crippen LogP contribution in [-0.4, -0.2) is 5.91 Å². The van der Waals surface area contributed by atoms with Gasteiger partial charge in [0.05, 0.1) is 5.02 Å². The number of rotatable bonds is 4. The topological polar surface area (TPSA) is 29.1 Å². The molecule has 24 heavy (non-hydrogen) atoms. The molecule has 0 atom stereocenters. The number of nitrogens with one attached hydrogen (secondary N) is 1.